The van der Waals surface area contributed by atoms with E-state index in [1.165, 1.54) is 0 Å². The second kappa shape index (κ2) is 7.36. The Morgan fingerprint density at radius 1 is 1.35 bits per heavy atom. The van der Waals surface area contributed by atoms with Crippen LogP contribution in [0, 0.1) is 13.8 Å². The molecule has 0 saturated carbocycles. The van der Waals surface area contributed by atoms with E-state index in [-0.39, 0.29) is 30.5 Å². The molecule has 0 aliphatic carbocycles. The Morgan fingerprint density at radius 2 is 2.04 bits per heavy atom. The maximum Gasteiger partial charge on any atom is 0.253 e. The molecule has 2 heterocycles. The third-order valence-corrected chi connectivity index (χ3v) is 6.04. The Balaban J connectivity index is 1.69. The number of morpholine rings is 1. The molecule has 0 spiro atoms. The molecule has 1 amide bonds. The predicted molar refractivity (Wildman–Crippen MR) is 96.8 cm³/mol. The fraction of sp³-hybridized carbons (Fsp3) is 0.375. The van der Waals surface area contributed by atoms with Crippen LogP contribution in [0.25, 0.3) is 0 Å². The lowest BCUT2D eigenvalue weighted by Gasteiger charge is -2.32. The number of ether oxygens (including phenoxy) is 1. The molecule has 2 N–H and O–H groups in total. The molecule has 3 rings (SSSR count). The van der Waals surface area contributed by atoms with Crippen LogP contribution in [0.1, 0.15) is 11.4 Å². The van der Waals surface area contributed by atoms with Crippen molar-refractivity contribution >= 4 is 33.2 Å². The van der Waals surface area contributed by atoms with Crippen LogP contribution in [0.15, 0.2) is 29.2 Å². The van der Waals surface area contributed by atoms with Crippen molar-refractivity contribution in [1.29, 1.82) is 0 Å². The number of nitrogens with one attached hydrogen (secondary N) is 2. The number of halogens is 1. The number of H-pyrrole nitrogens is 1. The SMILES string of the molecule is Cc1n[nH]c(C)c1S(=O)(=O)NCC1CN(c2ccc(Cl)cc2)C(=O)CO1. The number of hydrogen-bond donors (Lipinski definition) is 2. The third kappa shape index (κ3) is 3.90. The van der Waals surface area contributed by atoms with Crippen LogP contribution >= 0.6 is 11.6 Å². The molecular weight excluding hydrogens is 380 g/mol. The van der Waals surface area contributed by atoms with E-state index in [0.29, 0.717) is 22.1 Å². The van der Waals surface area contributed by atoms with E-state index in [1.807, 2.05) is 0 Å². The Kier molecular flexibility index (Phi) is 5.33. The number of sulfonamides is 1. The number of carbonyl (C=O) groups excluding carboxylic acids is 1. The summed E-state index contributed by atoms with van der Waals surface area (Å²) in [6.45, 7) is 3.44. The maximum absolute atomic E-state index is 12.5. The molecule has 1 saturated heterocycles. The molecule has 1 fully saturated rings. The fourth-order valence-electron chi connectivity index (χ4n) is 2.83. The topological polar surface area (TPSA) is 104 Å². The van der Waals surface area contributed by atoms with Crippen molar-refractivity contribution in [3.05, 3.63) is 40.7 Å². The van der Waals surface area contributed by atoms with Gasteiger partial charge >= 0.3 is 0 Å². The monoisotopic (exact) mass is 398 g/mol. The molecule has 1 aromatic carbocycles. The molecular formula is C16H19ClN4O4S. The minimum atomic E-state index is -3.72. The number of rotatable bonds is 5. The van der Waals surface area contributed by atoms with Crippen LogP contribution in [0.4, 0.5) is 5.69 Å². The van der Waals surface area contributed by atoms with Crippen molar-refractivity contribution in [3.8, 4) is 0 Å². The summed E-state index contributed by atoms with van der Waals surface area (Å²) >= 11 is 5.88. The van der Waals surface area contributed by atoms with Crippen LogP contribution in [0.5, 0.6) is 0 Å². The van der Waals surface area contributed by atoms with Crippen molar-refractivity contribution < 1.29 is 17.9 Å². The molecule has 1 unspecified atom stereocenters. The average molecular weight is 399 g/mol. The molecule has 1 aromatic heterocycles. The first-order valence-electron chi connectivity index (χ1n) is 7.96. The van der Waals surface area contributed by atoms with Gasteiger partial charge in [-0.15, -0.1) is 0 Å². The largest absolute Gasteiger partial charge is 0.365 e. The van der Waals surface area contributed by atoms with Crippen molar-refractivity contribution in [3.63, 3.8) is 0 Å². The summed E-state index contributed by atoms with van der Waals surface area (Å²) in [5.74, 6) is -0.187. The molecule has 0 bridgehead atoms. The quantitative estimate of drug-likeness (QED) is 0.791. The van der Waals surface area contributed by atoms with Gasteiger partial charge in [-0.25, -0.2) is 13.1 Å². The highest BCUT2D eigenvalue weighted by molar-refractivity contribution is 7.89. The second-order valence-corrected chi connectivity index (χ2v) is 8.17. The Labute approximate surface area is 156 Å². The number of aryl methyl sites for hydroxylation is 2. The summed E-state index contributed by atoms with van der Waals surface area (Å²) in [6, 6.07) is 6.87. The Bertz CT molecular complexity index is 891. The standard InChI is InChI=1S/C16H19ClN4O4S/c1-10-16(11(2)20-19-10)26(23,24)18-7-14-8-21(15(22)9-25-14)13-5-3-12(17)4-6-13/h3-6,14,18H,7-9H2,1-2H3,(H,19,20). The lowest BCUT2D eigenvalue weighted by Crippen LogP contribution is -2.50. The first-order chi connectivity index (χ1) is 12.3. The highest BCUT2D eigenvalue weighted by atomic mass is 35.5. The Hall–Kier alpha value is -1.94. The number of carbonyl (C=O) groups is 1. The number of benzene rings is 1. The molecule has 10 heteroatoms. The molecule has 0 radical (unpaired) electrons. The van der Waals surface area contributed by atoms with Gasteiger partial charge < -0.3 is 9.64 Å². The van der Waals surface area contributed by atoms with Crippen LogP contribution in [0.2, 0.25) is 5.02 Å². The predicted octanol–water partition coefficient (Wildman–Crippen LogP) is 1.39. The van der Waals surface area contributed by atoms with Gasteiger partial charge in [-0.3, -0.25) is 9.89 Å². The molecule has 1 aliphatic heterocycles. The van der Waals surface area contributed by atoms with Gasteiger partial charge in [0.1, 0.15) is 11.5 Å². The van der Waals surface area contributed by atoms with Gasteiger partial charge in [0.25, 0.3) is 5.91 Å². The van der Waals surface area contributed by atoms with Crippen LogP contribution < -0.4 is 9.62 Å². The molecule has 26 heavy (non-hydrogen) atoms. The van der Waals surface area contributed by atoms with Gasteiger partial charge in [-0.2, -0.15) is 5.10 Å². The maximum atomic E-state index is 12.5. The average Bonchev–Trinajstić information content (AvgIpc) is 2.94. The van der Waals surface area contributed by atoms with E-state index >= 15 is 0 Å². The first kappa shape index (κ1) is 18.8. The number of aromatic amines is 1. The third-order valence-electron chi connectivity index (χ3n) is 4.10. The molecule has 8 nitrogen and oxygen atoms in total. The van der Waals surface area contributed by atoms with E-state index in [0.717, 1.165) is 0 Å². The number of aromatic nitrogens is 2. The Morgan fingerprint density at radius 3 is 2.65 bits per heavy atom. The summed E-state index contributed by atoms with van der Waals surface area (Å²) in [5, 5.41) is 7.14. The first-order valence-corrected chi connectivity index (χ1v) is 9.83. The number of anilines is 1. The molecule has 2 aromatic rings. The van der Waals surface area contributed by atoms with Crippen molar-refractivity contribution in [2.24, 2.45) is 0 Å². The minimum Gasteiger partial charge on any atom is -0.365 e. The smallest absolute Gasteiger partial charge is 0.253 e. The number of amides is 1. The highest BCUT2D eigenvalue weighted by Gasteiger charge is 2.29. The highest BCUT2D eigenvalue weighted by Crippen LogP contribution is 2.21. The zero-order chi connectivity index (χ0) is 18.9. The fourth-order valence-corrected chi connectivity index (χ4v) is 4.39. The van der Waals surface area contributed by atoms with E-state index < -0.39 is 16.1 Å². The van der Waals surface area contributed by atoms with Crippen molar-refractivity contribution in [2.45, 2.75) is 24.8 Å². The lowest BCUT2D eigenvalue weighted by molar-refractivity contribution is -0.129. The van der Waals surface area contributed by atoms with E-state index in [4.69, 9.17) is 16.3 Å². The zero-order valence-corrected chi connectivity index (χ0v) is 15.9. The summed E-state index contributed by atoms with van der Waals surface area (Å²) in [4.78, 5) is 13.8. The van der Waals surface area contributed by atoms with Gasteiger partial charge in [0.2, 0.25) is 10.0 Å². The van der Waals surface area contributed by atoms with Crippen LogP contribution in [-0.2, 0) is 19.6 Å². The summed E-state index contributed by atoms with van der Waals surface area (Å²) in [7, 11) is -3.72. The summed E-state index contributed by atoms with van der Waals surface area (Å²) in [6.07, 6.45) is -0.467. The van der Waals surface area contributed by atoms with Gasteiger partial charge in [-0.1, -0.05) is 11.6 Å². The van der Waals surface area contributed by atoms with Gasteiger partial charge in [0.15, 0.2) is 0 Å². The van der Waals surface area contributed by atoms with Gasteiger partial charge in [0, 0.05) is 17.3 Å². The van der Waals surface area contributed by atoms with E-state index in [1.54, 1.807) is 43.0 Å². The van der Waals surface area contributed by atoms with E-state index in [9.17, 15) is 13.2 Å². The summed E-state index contributed by atoms with van der Waals surface area (Å²) in [5.41, 5.74) is 1.56. The van der Waals surface area contributed by atoms with Gasteiger partial charge in [0.05, 0.1) is 24.0 Å². The molecule has 1 aliphatic rings. The lowest BCUT2D eigenvalue weighted by atomic mass is 10.2. The molecule has 1 atom stereocenters. The molecule has 140 valence electrons. The van der Waals surface area contributed by atoms with Gasteiger partial charge in [-0.05, 0) is 38.1 Å². The second-order valence-electron chi connectivity index (χ2n) is 6.03. The number of nitrogens with zero attached hydrogens (tertiary/aromatic N) is 2. The zero-order valence-electron chi connectivity index (χ0n) is 14.3. The number of hydrogen-bond acceptors (Lipinski definition) is 5. The van der Waals surface area contributed by atoms with Crippen LogP contribution in [0.3, 0.4) is 0 Å². The van der Waals surface area contributed by atoms with Crippen molar-refractivity contribution in [1.82, 2.24) is 14.9 Å². The van der Waals surface area contributed by atoms with E-state index in [2.05, 4.69) is 14.9 Å². The summed E-state index contributed by atoms with van der Waals surface area (Å²) < 4.78 is 33.0. The van der Waals surface area contributed by atoms with Crippen LogP contribution in [-0.4, -0.2) is 50.3 Å². The minimum absolute atomic E-state index is 0.0454. The normalized spacial score (nSPS) is 18.3. The van der Waals surface area contributed by atoms with Crippen molar-refractivity contribution in [2.75, 3.05) is 24.6 Å².